The number of hydrogen-bond acceptors (Lipinski definition) is 3. The minimum Gasteiger partial charge on any atom is -0.329 e. The van der Waals surface area contributed by atoms with Gasteiger partial charge in [-0.25, -0.2) is 0 Å². The molecule has 78 valence electrons. The third-order valence-electron chi connectivity index (χ3n) is 2.98. The Morgan fingerprint density at radius 1 is 1.64 bits per heavy atom. The lowest BCUT2D eigenvalue weighted by atomic mass is 10.1. The molecule has 1 aromatic heterocycles. The molecule has 0 radical (unpaired) electrons. The maximum atomic E-state index is 5.60. The quantitative estimate of drug-likeness (QED) is 0.763. The van der Waals surface area contributed by atoms with Gasteiger partial charge in [0.05, 0.1) is 11.7 Å². The highest BCUT2D eigenvalue weighted by atomic mass is 15.3. The van der Waals surface area contributed by atoms with Crippen molar-refractivity contribution in [2.75, 3.05) is 19.6 Å². The number of aryl methyl sites for hydroxylation is 1. The molecule has 1 saturated heterocycles. The first-order valence-electron chi connectivity index (χ1n) is 5.25. The highest BCUT2D eigenvalue weighted by Gasteiger charge is 2.26. The number of rotatable bonds is 3. The van der Waals surface area contributed by atoms with Crippen LogP contribution in [0, 0.1) is 0 Å². The molecule has 1 aliphatic heterocycles. The van der Waals surface area contributed by atoms with E-state index in [9.17, 15) is 0 Å². The van der Waals surface area contributed by atoms with Gasteiger partial charge in [-0.05, 0) is 25.5 Å². The van der Waals surface area contributed by atoms with Crippen molar-refractivity contribution in [3.05, 3.63) is 18.0 Å². The Balaban J connectivity index is 2.13. The topological polar surface area (TPSA) is 47.1 Å². The van der Waals surface area contributed by atoms with Crippen molar-refractivity contribution in [2.45, 2.75) is 18.9 Å². The Labute approximate surface area is 84.7 Å². The van der Waals surface area contributed by atoms with Crippen LogP contribution in [0.1, 0.15) is 24.6 Å². The molecule has 2 heterocycles. The van der Waals surface area contributed by atoms with E-state index >= 15 is 0 Å². The van der Waals surface area contributed by atoms with Crippen LogP contribution in [-0.2, 0) is 7.05 Å². The molecule has 1 aliphatic rings. The number of nitrogens with two attached hydrogens (primary N) is 1. The minimum absolute atomic E-state index is 0.533. The van der Waals surface area contributed by atoms with Gasteiger partial charge in [0.1, 0.15) is 0 Å². The van der Waals surface area contributed by atoms with Crippen molar-refractivity contribution in [3.63, 3.8) is 0 Å². The van der Waals surface area contributed by atoms with Crippen molar-refractivity contribution in [2.24, 2.45) is 12.8 Å². The van der Waals surface area contributed by atoms with Crippen LogP contribution >= 0.6 is 0 Å². The zero-order chi connectivity index (χ0) is 9.97. The molecule has 0 saturated carbocycles. The van der Waals surface area contributed by atoms with E-state index in [0.717, 1.165) is 13.1 Å². The summed E-state index contributed by atoms with van der Waals surface area (Å²) < 4.78 is 1.97. The average Bonchev–Trinajstić information content (AvgIpc) is 2.74. The molecular weight excluding hydrogens is 176 g/mol. The molecule has 2 rings (SSSR count). The highest BCUT2D eigenvalue weighted by Crippen LogP contribution is 2.30. The van der Waals surface area contributed by atoms with Gasteiger partial charge in [0.25, 0.3) is 0 Å². The van der Waals surface area contributed by atoms with E-state index < -0.39 is 0 Å². The zero-order valence-electron chi connectivity index (χ0n) is 8.69. The van der Waals surface area contributed by atoms with Crippen molar-refractivity contribution in [1.82, 2.24) is 14.7 Å². The molecule has 0 aliphatic carbocycles. The normalized spacial score (nSPS) is 23.1. The van der Waals surface area contributed by atoms with E-state index in [1.807, 2.05) is 17.9 Å². The van der Waals surface area contributed by atoms with Crippen molar-refractivity contribution in [1.29, 1.82) is 0 Å². The van der Waals surface area contributed by atoms with E-state index in [1.54, 1.807) is 0 Å². The maximum Gasteiger partial charge on any atom is 0.0552 e. The molecule has 14 heavy (non-hydrogen) atoms. The van der Waals surface area contributed by atoms with E-state index in [2.05, 4.69) is 16.1 Å². The second-order valence-corrected chi connectivity index (χ2v) is 3.86. The van der Waals surface area contributed by atoms with E-state index in [-0.39, 0.29) is 0 Å². The summed E-state index contributed by atoms with van der Waals surface area (Å²) in [6.07, 6.45) is 4.38. The van der Waals surface area contributed by atoms with Gasteiger partial charge >= 0.3 is 0 Å². The van der Waals surface area contributed by atoms with Crippen LogP contribution in [0.25, 0.3) is 0 Å². The molecule has 0 aromatic carbocycles. The first-order chi connectivity index (χ1) is 6.83. The summed E-state index contributed by atoms with van der Waals surface area (Å²) in [6, 6.07) is 2.64. The lowest BCUT2D eigenvalue weighted by molar-refractivity contribution is 0.255. The number of nitrogens with zero attached hydrogens (tertiary/aromatic N) is 3. The first-order valence-corrected chi connectivity index (χ1v) is 5.25. The molecule has 0 spiro atoms. The average molecular weight is 194 g/mol. The van der Waals surface area contributed by atoms with Crippen LogP contribution in [0.2, 0.25) is 0 Å². The Bertz CT molecular complexity index is 294. The molecule has 2 N–H and O–H groups in total. The van der Waals surface area contributed by atoms with Gasteiger partial charge in [0.2, 0.25) is 0 Å². The van der Waals surface area contributed by atoms with Gasteiger partial charge in [0, 0.05) is 26.3 Å². The molecule has 4 nitrogen and oxygen atoms in total. The van der Waals surface area contributed by atoms with Crippen molar-refractivity contribution in [3.8, 4) is 0 Å². The molecule has 0 unspecified atom stereocenters. The molecule has 0 bridgehead atoms. The molecule has 1 fully saturated rings. The fourth-order valence-electron chi connectivity index (χ4n) is 2.31. The smallest absolute Gasteiger partial charge is 0.0552 e. The monoisotopic (exact) mass is 194 g/mol. The summed E-state index contributed by atoms with van der Waals surface area (Å²) in [4.78, 5) is 2.46. The summed E-state index contributed by atoms with van der Waals surface area (Å²) in [6.45, 7) is 2.91. The van der Waals surface area contributed by atoms with Gasteiger partial charge in [-0.15, -0.1) is 0 Å². The van der Waals surface area contributed by atoms with Gasteiger partial charge in [-0.2, -0.15) is 5.10 Å². The Kier molecular flexibility index (Phi) is 2.84. The van der Waals surface area contributed by atoms with Gasteiger partial charge in [-0.3, -0.25) is 9.58 Å². The lowest BCUT2D eigenvalue weighted by Gasteiger charge is -2.23. The van der Waals surface area contributed by atoms with Gasteiger partial charge in [0.15, 0.2) is 0 Å². The summed E-state index contributed by atoms with van der Waals surface area (Å²) in [7, 11) is 2.01. The molecule has 4 heteroatoms. The number of hydrogen-bond donors (Lipinski definition) is 1. The summed E-state index contributed by atoms with van der Waals surface area (Å²) in [5, 5.41) is 4.21. The van der Waals surface area contributed by atoms with E-state index in [1.165, 1.54) is 25.1 Å². The van der Waals surface area contributed by atoms with Crippen molar-refractivity contribution < 1.29 is 0 Å². The standard InChI is InChI=1S/C10H18N4/c1-13-9(4-6-12-13)10-3-2-7-14(10)8-5-11/h4,6,10H,2-3,5,7-8,11H2,1H3/t10-/m1/s1. The minimum atomic E-state index is 0.533. The van der Waals surface area contributed by atoms with E-state index in [4.69, 9.17) is 5.73 Å². The van der Waals surface area contributed by atoms with E-state index in [0.29, 0.717) is 6.04 Å². The van der Waals surface area contributed by atoms with Crippen LogP contribution in [0.5, 0.6) is 0 Å². The third kappa shape index (κ3) is 1.67. The molecule has 0 amide bonds. The Morgan fingerprint density at radius 3 is 3.14 bits per heavy atom. The van der Waals surface area contributed by atoms with Crippen LogP contribution in [0.15, 0.2) is 12.3 Å². The Hall–Kier alpha value is -0.870. The number of aromatic nitrogens is 2. The fraction of sp³-hybridized carbons (Fsp3) is 0.700. The third-order valence-corrected chi connectivity index (χ3v) is 2.98. The molecule has 1 aromatic rings. The summed E-state index contributed by atoms with van der Waals surface area (Å²) in [5.41, 5.74) is 6.91. The molecule has 1 atom stereocenters. The largest absolute Gasteiger partial charge is 0.329 e. The van der Waals surface area contributed by atoms with Gasteiger partial charge in [-0.1, -0.05) is 0 Å². The Morgan fingerprint density at radius 2 is 2.50 bits per heavy atom. The SMILES string of the molecule is Cn1nccc1[C@H]1CCCN1CCN. The highest BCUT2D eigenvalue weighted by molar-refractivity contribution is 5.08. The summed E-state index contributed by atoms with van der Waals surface area (Å²) >= 11 is 0. The predicted octanol–water partition coefficient (Wildman–Crippen LogP) is 0.516. The zero-order valence-corrected chi connectivity index (χ0v) is 8.69. The van der Waals surface area contributed by atoms with Crippen LogP contribution in [-0.4, -0.2) is 34.3 Å². The lowest BCUT2D eigenvalue weighted by Crippen LogP contribution is -2.30. The maximum absolute atomic E-state index is 5.60. The second kappa shape index (κ2) is 4.11. The van der Waals surface area contributed by atoms with Crippen LogP contribution in [0.3, 0.4) is 0 Å². The molecular formula is C10H18N4. The predicted molar refractivity (Wildman–Crippen MR) is 55.8 cm³/mol. The number of likely N-dealkylation sites (tertiary alicyclic amines) is 1. The van der Waals surface area contributed by atoms with Crippen LogP contribution in [0.4, 0.5) is 0 Å². The summed E-state index contributed by atoms with van der Waals surface area (Å²) in [5.74, 6) is 0. The second-order valence-electron chi connectivity index (χ2n) is 3.86. The van der Waals surface area contributed by atoms with Crippen LogP contribution < -0.4 is 5.73 Å². The van der Waals surface area contributed by atoms with Crippen molar-refractivity contribution >= 4 is 0 Å². The van der Waals surface area contributed by atoms with Gasteiger partial charge < -0.3 is 5.73 Å². The fourth-order valence-corrected chi connectivity index (χ4v) is 2.31. The first kappa shape index (κ1) is 9.68.